The van der Waals surface area contributed by atoms with Gasteiger partial charge in [-0.2, -0.15) is 0 Å². The molecule has 2 heterocycles. The average Bonchev–Trinajstić information content (AvgIpc) is 3.05. The lowest BCUT2D eigenvalue weighted by Crippen LogP contribution is -2.41. The van der Waals surface area contributed by atoms with Gasteiger partial charge in [-0.15, -0.1) is 0 Å². The number of nitro groups is 1. The summed E-state index contributed by atoms with van der Waals surface area (Å²) < 4.78 is 9.63. The van der Waals surface area contributed by atoms with Gasteiger partial charge in [0.05, 0.1) is 30.1 Å². The Morgan fingerprint density at radius 3 is 2.54 bits per heavy atom. The molecule has 0 saturated heterocycles. The number of nitro benzene ring substituents is 1. The normalized spacial score (nSPS) is 20.9. The number of aromatic hydroxyl groups is 1. The number of non-ortho nitro benzene ring substituents is 1. The summed E-state index contributed by atoms with van der Waals surface area (Å²) in [4.78, 5) is 49.9. The Labute approximate surface area is 165 Å². The van der Waals surface area contributed by atoms with Gasteiger partial charge in [-0.25, -0.2) is 0 Å². The topological polar surface area (TPSA) is 149 Å². The molecule has 1 aliphatic rings. The molecule has 10 nitrogen and oxygen atoms in total. The molecule has 3 unspecified atom stereocenters. The second-order valence-corrected chi connectivity index (χ2v) is 7.96. The van der Waals surface area contributed by atoms with Gasteiger partial charge in [0.15, 0.2) is 0 Å². The van der Waals surface area contributed by atoms with Crippen molar-refractivity contribution in [1.82, 2.24) is 4.98 Å². The first-order chi connectivity index (χ1) is 13.3. The van der Waals surface area contributed by atoms with Crippen LogP contribution >= 0.6 is 23.1 Å². The number of H-pyrrole nitrogens is 1. The van der Waals surface area contributed by atoms with Crippen molar-refractivity contribution in [3.63, 3.8) is 0 Å². The third-order valence-corrected chi connectivity index (χ3v) is 6.71. The van der Waals surface area contributed by atoms with Crippen molar-refractivity contribution in [3.05, 3.63) is 48.4 Å². The van der Waals surface area contributed by atoms with Crippen molar-refractivity contribution in [3.8, 4) is 5.75 Å². The van der Waals surface area contributed by atoms with Crippen LogP contribution in [-0.2, 0) is 19.1 Å². The Balaban J connectivity index is 2.29. The van der Waals surface area contributed by atoms with Gasteiger partial charge in [-0.1, -0.05) is 23.1 Å². The number of nitrogens with one attached hydrogen (secondary N) is 1. The molecule has 0 spiro atoms. The van der Waals surface area contributed by atoms with Gasteiger partial charge in [-0.3, -0.25) is 24.5 Å². The first-order valence-electron chi connectivity index (χ1n) is 7.81. The number of rotatable bonds is 4. The number of fused-ring (bicyclic) bond motifs is 1. The Hall–Kier alpha value is -2.86. The van der Waals surface area contributed by atoms with E-state index in [0.29, 0.717) is 9.90 Å². The van der Waals surface area contributed by atoms with E-state index in [0.717, 1.165) is 55.5 Å². The van der Waals surface area contributed by atoms with Crippen LogP contribution in [0.25, 0.3) is 0 Å². The van der Waals surface area contributed by atoms with Gasteiger partial charge in [0, 0.05) is 28.5 Å². The van der Waals surface area contributed by atoms with Crippen LogP contribution < -0.4 is 4.87 Å². The van der Waals surface area contributed by atoms with E-state index in [2.05, 4.69) is 4.98 Å². The van der Waals surface area contributed by atoms with Crippen LogP contribution in [0.15, 0.2) is 28.0 Å². The van der Waals surface area contributed by atoms with E-state index < -0.39 is 38.8 Å². The van der Waals surface area contributed by atoms with E-state index in [1.54, 1.807) is 0 Å². The molecule has 0 saturated carbocycles. The zero-order valence-corrected chi connectivity index (χ0v) is 16.2. The zero-order valence-electron chi connectivity index (χ0n) is 14.5. The van der Waals surface area contributed by atoms with E-state index in [9.17, 15) is 29.6 Å². The highest BCUT2D eigenvalue weighted by Gasteiger charge is 2.49. The fraction of sp³-hybridized carbons (Fsp3) is 0.312. The molecule has 0 bridgehead atoms. The number of hydrogen-bond donors (Lipinski definition) is 2. The molecule has 3 rings (SSSR count). The molecule has 1 aromatic carbocycles. The summed E-state index contributed by atoms with van der Waals surface area (Å²) >= 11 is 1.74. The number of aromatic amines is 1. The smallest absolute Gasteiger partial charge is 0.320 e. The summed E-state index contributed by atoms with van der Waals surface area (Å²) in [6.45, 7) is 0. The van der Waals surface area contributed by atoms with Crippen molar-refractivity contribution in [1.29, 1.82) is 0 Å². The molecule has 3 atom stereocenters. The average molecular weight is 426 g/mol. The molecular weight excluding hydrogens is 412 g/mol. The molecular formula is C16H14N2O8S2. The number of thiazole rings is 1. The number of aromatic nitrogens is 1. The molecule has 2 N–H and O–H groups in total. The van der Waals surface area contributed by atoms with Crippen LogP contribution in [0.4, 0.5) is 5.69 Å². The first kappa shape index (κ1) is 19.9. The van der Waals surface area contributed by atoms with E-state index in [-0.39, 0.29) is 17.0 Å². The van der Waals surface area contributed by atoms with Gasteiger partial charge in [0.1, 0.15) is 11.0 Å². The van der Waals surface area contributed by atoms with Crippen molar-refractivity contribution in [2.24, 2.45) is 5.92 Å². The minimum Gasteiger partial charge on any atom is -0.508 e. The number of ether oxygens (including phenoxy) is 2. The molecule has 0 fully saturated rings. The molecule has 1 aliphatic heterocycles. The number of benzene rings is 1. The number of thioether (sulfide) groups is 1. The molecule has 12 heteroatoms. The van der Waals surface area contributed by atoms with E-state index >= 15 is 0 Å². The van der Waals surface area contributed by atoms with E-state index in [1.165, 1.54) is 0 Å². The van der Waals surface area contributed by atoms with Gasteiger partial charge < -0.3 is 19.6 Å². The molecule has 148 valence electrons. The largest absolute Gasteiger partial charge is 0.508 e. The summed E-state index contributed by atoms with van der Waals surface area (Å²) in [5.41, 5.74) is -0.274. The van der Waals surface area contributed by atoms with Crippen molar-refractivity contribution >= 4 is 40.7 Å². The lowest BCUT2D eigenvalue weighted by Gasteiger charge is -2.34. The second-order valence-electron chi connectivity index (χ2n) is 5.80. The van der Waals surface area contributed by atoms with Gasteiger partial charge in [0.25, 0.3) is 5.69 Å². The minimum absolute atomic E-state index is 0.0373. The molecule has 0 radical (unpaired) electrons. The Morgan fingerprint density at radius 1 is 1.25 bits per heavy atom. The van der Waals surface area contributed by atoms with Crippen LogP contribution in [0, 0.1) is 16.0 Å². The van der Waals surface area contributed by atoms with Crippen LogP contribution in [-0.4, -0.2) is 46.4 Å². The Bertz CT molecular complexity index is 1010. The highest BCUT2D eigenvalue weighted by atomic mass is 32.2. The lowest BCUT2D eigenvalue weighted by atomic mass is 9.81. The number of carbonyl (C=O) groups is 2. The highest BCUT2D eigenvalue weighted by Crippen LogP contribution is 2.51. The second kappa shape index (κ2) is 7.64. The van der Waals surface area contributed by atoms with E-state index in [1.807, 2.05) is 0 Å². The number of esters is 2. The third kappa shape index (κ3) is 3.36. The van der Waals surface area contributed by atoms with Crippen LogP contribution in [0.5, 0.6) is 5.75 Å². The predicted molar refractivity (Wildman–Crippen MR) is 98.7 cm³/mol. The summed E-state index contributed by atoms with van der Waals surface area (Å²) in [5.74, 6) is -4.00. The third-order valence-electron chi connectivity index (χ3n) is 4.32. The number of nitrogens with zero attached hydrogens (tertiary/aromatic N) is 1. The van der Waals surface area contributed by atoms with Gasteiger partial charge in [-0.05, 0) is 6.07 Å². The maximum absolute atomic E-state index is 12.6. The molecule has 0 amide bonds. The molecule has 2 aromatic rings. The zero-order chi connectivity index (χ0) is 20.6. The van der Waals surface area contributed by atoms with Gasteiger partial charge in [0.2, 0.25) is 0 Å². The minimum atomic E-state index is -1.17. The first-order valence-corrected chi connectivity index (χ1v) is 9.50. The highest BCUT2D eigenvalue weighted by molar-refractivity contribution is 8.00. The maximum Gasteiger partial charge on any atom is 0.320 e. The summed E-state index contributed by atoms with van der Waals surface area (Å²) in [6, 6.07) is 3.36. The predicted octanol–water partition coefficient (Wildman–Crippen LogP) is 1.62. The van der Waals surface area contributed by atoms with Gasteiger partial charge >= 0.3 is 16.8 Å². The van der Waals surface area contributed by atoms with Crippen LogP contribution in [0.2, 0.25) is 0 Å². The fourth-order valence-corrected chi connectivity index (χ4v) is 5.59. The number of carbonyl (C=O) groups excluding carboxylic acids is 2. The van der Waals surface area contributed by atoms with E-state index in [4.69, 9.17) is 9.47 Å². The quantitative estimate of drug-likeness (QED) is 0.422. The number of methoxy groups -OCH3 is 2. The summed E-state index contributed by atoms with van der Waals surface area (Å²) in [7, 11) is 2.30. The van der Waals surface area contributed by atoms with Crippen molar-refractivity contribution < 1.29 is 29.1 Å². The van der Waals surface area contributed by atoms with Crippen LogP contribution in [0.3, 0.4) is 0 Å². The summed E-state index contributed by atoms with van der Waals surface area (Å²) in [6.07, 6.45) is 0. The fourth-order valence-electron chi connectivity index (χ4n) is 3.10. The monoisotopic (exact) mass is 426 g/mol. The Kier molecular flexibility index (Phi) is 5.42. The SMILES string of the molecule is COC(=O)C1Sc2[nH]c(=O)sc2C(c2cc([N+](=O)[O-])ccc2O)C1C(=O)OC. The molecule has 1 aromatic heterocycles. The van der Waals surface area contributed by atoms with Crippen molar-refractivity contribution in [2.45, 2.75) is 16.2 Å². The maximum atomic E-state index is 12.6. The van der Waals surface area contributed by atoms with Crippen molar-refractivity contribution in [2.75, 3.05) is 14.2 Å². The van der Waals surface area contributed by atoms with Crippen LogP contribution in [0.1, 0.15) is 16.4 Å². The number of phenolic OH excluding ortho intramolecular Hbond substituents is 1. The number of hydrogen-bond acceptors (Lipinski definition) is 10. The Morgan fingerprint density at radius 2 is 1.93 bits per heavy atom. The summed E-state index contributed by atoms with van der Waals surface area (Å²) in [5, 5.41) is 20.8. The molecule has 28 heavy (non-hydrogen) atoms. The lowest BCUT2D eigenvalue weighted by molar-refractivity contribution is -0.385. The standard InChI is InChI=1S/C16H14N2O8S2/c1-25-14(20)10-9(7-5-6(18(23)24)3-4-8(7)19)11-13(17-16(22)28-11)27-12(10)15(21)26-2/h3-5,9-10,12,19H,1-2H3,(H,17,22). The molecule has 0 aliphatic carbocycles. The number of phenols is 1.